The van der Waals surface area contributed by atoms with Crippen LogP contribution in [0.25, 0.3) is 22.0 Å². The zero-order chi connectivity index (χ0) is 16.4. The molecule has 0 atom stereocenters. The molecule has 3 aromatic rings. The Hall–Kier alpha value is -2.46. The molecule has 4 heteroatoms. The number of hydrogen-bond acceptors (Lipinski definition) is 4. The van der Waals surface area contributed by atoms with Crippen molar-refractivity contribution in [2.75, 3.05) is 5.32 Å². The van der Waals surface area contributed by atoms with E-state index in [9.17, 15) is 5.11 Å². The van der Waals surface area contributed by atoms with Crippen molar-refractivity contribution in [2.24, 2.45) is 0 Å². The van der Waals surface area contributed by atoms with Gasteiger partial charge in [-0.25, -0.2) is 9.97 Å². The summed E-state index contributed by atoms with van der Waals surface area (Å²) in [6.45, 7) is 0. The summed E-state index contributed by atoms with van der Waals surface area (Å²) in [5, 5.41) is 14.1. The van der Waals surface area contributed by atoms with E-state index in [1.807, 2.05) is 36.5 Å². The number of nitrogens with zero attached hydrogens (tertiary/aromatic N) is 2. The fourth-order valence-electron chi connectivity index (χ4n) is 3.38. The van der Waals surface area contributed by atoms with E-state index in [1.165, 1.54) is 0 Å². The first-order valence-electron chi connectivity index (χ1n) is 8.55. The van der Waals surface area contributed by atoms with Gasteiger partial charge in [0.2, 0.25) is 5.95 Å². The number of hydrogen-bond donors (Lipinski definition) is 2. The summed E-state index contributed by atoms with van der Waals surface area (Å²) in [5.41, 5.74) is 3.25. The standard InChI is InChI=1S/C20H21N3O/c24-17-11-9-16(10-12-17)22-20-21-13-15-7-4-8-18(19(15)23-20)14-5-2-1-3-6-14/h1-8,13,16-17,24H,9-12H2,(H,21,22,23)/t16-,17-. The molecule has 2 aromatic carbocycles. The maximum Gasteiger partial charge on any atom is 0.223 e. The number of benzene rings is 2. The monoisotopic (exact) mass is 319 g/mol. The lowest BCUT2D eigenvalue weighted by molar-refractivity contribution is 0.126. The van der Waals surface area contributed by atoms with E-state index in [0.717, 1.165) is 47.7 Å². The highest BCUT2D eigenvalue weighted by molar-refractivity contribution is 5.93. The molecule has 0 saturated heterocycles. The number of aliphatic hydroxyl groups is 1. The Morgan fingerprint density at radius 3 is 2.50 bits per heavy atom. The predicted molar refractivity (Wildman–Crippen MR) is 96.9 cm³/mol. The molecule has 1 fully saturated rings. The molecule has 0 spiro atoms. The molecule has 0 aliphatic heterocycles. The van der Waals surface area contributed by atoms with Gasteiger partial charge in [0, 0.05) is 23.2 Å². The minimum atomic E-state index is -0.148. The largest absolute Gasteiger partial charge is 0.393 e. The van der Waals surface area contributed by atoms with Crippen LogP contribution in [0, 0.1) is 0 Å². The van der Waals surface area contributed by atoms with Crippen LogP contribution in [0.5, 0.6) is 0 Å². The van der Waals surface area contributed by atoms with E-state index in [2.05, 4.69) is 28.5 Å². The molecule has 0 unspecified atom stereocenters. The number of anilines is 1. The fraction of sp³-hybridized carbons (Fsp3) is 0.300. The lowest BCUT2D eigenvalue weighted by atomic mass is 9.93. The molecular weight excluding hydrogens is 298 g/mol. The van der Waals surface area contributed by atoms with Gasteiger partial charge in [0.1, 0.15) is 0 Å². The molecule has 0 amide bonds. The predicted octanol–water partition coefficient (Wildman–Crippen LogP) is 4.01. The number of aliphatic hydroxyl groups excluding tert-OH is 1. The first-order valence-corrected chi connectivity index (χ1v) is 8.55. The Labute approximate surface area is 141 Å². The number of aromatic nitrogens is 2. The van der Waals surface area contributed by atoms with Crippen LogP contribution in [0.3, 0.4) is 0 Å². The third kappa shape index (κ3) is 3.10. The van der Waals surface area contributed by atoms with Gasteiger partial charge in [-0.1, -0.05) is 48.5 Å². The Balaban J connectivity index is 1.67. The van der Waals surface area contributed by atoms with Crippen LogP contribution < -0.4 is 5.32 Å². The molecule has 122 valence electrons. The van der Waals surface area contributed by atoms with Gasteiger partial charge >= 0.3 is 0 Å². The van der Waals surface area contributed by atoms with Crippen LogP contribution in [-0.2, 0) is 0 Å². The lowest BCUT2D eigenvalue weighted by Gasteiger charge is -2.26. The molecule has 1 saturated carbocycles. The number of nitrogens with one attached hydrogen (secondary N) is 1. The van der Waals surface area contributed by atoms with Crippen molar-refractivity contribution in [3.63, 3.8) is 0 Å². The second-order valence-corrected chi connectivity index (χ2v) is 6.45. The van der Waals surface area contributed by atoms with Crippen molar-refractivity contribution in [3.8, 4) is 11.1 Å². The van der Waals surface area contributed by atoms with Crippen molar-refractivity contribution in [1.82, 2.24) is 9.97 Å². The van der Waals surface area contributed by atoms with Crippen molar-refractivity contribution in [2.45, 2.75) is 37.8 Å². The summed E-state index contributed by atoms with van der Waals surface area (Å²) >= 11 is 0. The molecule has 4 nitrogen and oxygen atoms in total. The molecule has 24 heavy (non-hydrogen) atoms. The average Bonchev–Trinajstić information content (AvgIpc) is 2.64. The molecule has 1 aromatic heterocycles. The minimum Gasteiger partial charge on any atom is -0.393 e. The zero-order valence-corrected chi connectivity index (χ0v) is 13.5. The van der Waals surface area contributed by atoms with Crippen LogP contribution in [0.1, 0.15) is 25.7 Å². The van der Waals surface area contributed by atoms with E-state index < -0.39 is 0 Å². The van der Waals surface area contributed by atoms with Gasteiger partial charge in [-0.3, -0.25) is 0 Å². The molecule has 1 aliphatic carbocycles. The number of fused-ring (bicyclic) bond motifs is 1. The van der Waals surface area contributed by atoms with Crippen molar-refractivity contribution in [3.05, 3.63) is 54.7 Å². The third-order valence-electron chi connectivity index (χ3n) is 4.73. The summed E-state index contributed by atoms with van der Waals surface area (Å²) in [6, 6.07) is 16.9. The zero-order valence-electron chi connectivity index (χ0n) is 13.5. The molecule has 1 aliphatic rings. The number of rotatable bonds is 3. The van der Waals surface area contributed by atoms with Crippen LogP contribution in [0.2, 0.25) is 0 Å². The number of para-hydroxylation sites is 1. The van der Waals surface area contributed by atoms with E-state index in [-0.39, 0.29) is 6.10 Å². The van der Waals surface area contributed by atoms with Crippen LogP contribution in [-0.4, -0.2) is 27.2 Å². The minimum absolute atomic E-state index is 0.148. The quantitative estimate of drug-likeness (QED) is 0.766. The summed E-state index contributed by atoms with van der Waals surface area (Å²) < 4.78 is 0. The molecule has 0 bridgehead atoms. The highest BCUT2D eigenvalue weighted by Gasteiger charge is 2.20. The van der Waals surface area contributed by atoms with Crippen LogP contribution in [0.15, 0.2) is 54.7 Å². The van der Waals surface area contributed by atoms with Crippen LogP contribution in [0.4, 0.5) is 5.95 Å². The van der Waals surface area contributed by atoms with Crippen molar-refractivity contribution >= 4 is 16.9 Å². The van der Waals surface area contributed by atoms with Gasteiger partial charge in [0.05, 0.1) is 11.6 Å². The van der Waals surface area contributed by atoms with Gasteiger partial charge in [0.15, 0.2) is 0 Å². The smallest absolute Gasteiger partial charge is 0.223 e. The molecular formula is C20H21N3O. The van der Waals surface area contributed by atoms with E-state index in [0.29, 0.717) is 12.0 Å². The van der Waals surface area contributed by atoms with Gasteiger partial charge in [-0.05, 0) is 31.2 Å². The molecule has 2 N–H and O–H groups in total. The van der Waals surface area contributed by atoms with Gasteiger partial charge in [-0.2, -0.15) is 0 Å². The van der Waals surface area contributed by atoms with Crippen molar-refractivity contribution in [1.29, 1.82) is 0 Å². The van der Waals surface area contributed by atoms with E-state index in [4.69, 9.17) is 4.98 Å². The highest BCUT2D eigenvalue weighted by atomic mass is 16.3. The summed E-state index contributed by atoms with van der Waals surface area (Å²) in [5.74, 6) is 0.673. The van der Waals surface area contributed by atoms with Gasteiger partial charge < -0.3 is 10.4 Å². The molecule has 0 radical (unpaired) electrons. The second kappa shape index (κ2) is 6.57. The SMILES string of the molecule is O[C@H]1CC[C@H](Nc2ncc3cccc(-c4ccccc4)c3n2)CC1. The van der Waals surface area contributed by atoms with E-state index in [1.54, 1.807) is 0 Å². The summed E-state index contributed by atoms with van der Waals surface area (Å²) in [6.07, 6.45) is 5.35. The third-order valence-corrected chi connectivity index (χ3v) is 4.73. The Morgan fingerprint density at radius 2 is 1.71 bits per heavy atom. The van der Waals surface area contributed by atoms with Crippen molar-refractivity contribution < 1.29 is 5.11 Å². The highest BCUT2D eigenvalue weighted by Crippen LogP contribution is 2.28. The second-order valence-electron chi connectivity index (χ2n) is 6.45. The maximum atomic E-state index is 9.64. The fourth-order valence-corrected chi connectivity index (χ4v) is 3.38. The first kappa shape index (κ1) is 15.1. The average molecular weight is 319 g/mol. The molecule has 4 rings (SSSR count). The van der Waals surface area contributed by atoms with E-state index >= 15 is 0 Å². The van der Waals surface area contributed by atoms with Gasteiger partial charge in [-0.15, -0.1) is 0 Å². The van der Waals surface area contributed by atoms with Gasteiger partial charge in [0.25, 0.3) is 0 Å². The lowest BCUT2D eigenvalue weighted by Crippen LogP contribution is -2.28. The summed E-state index contributed by atoms with van der Waals surface area (Å²) in [4.78, 5) is 9.25. The normalized spacial score (nSPS) is 20.9. The summed E-state index contributed by atoms with van der Waals surface area (Å²) in [7, 11) is 0. The maximum absolute atomic E-state index is 9.64. The Kier molecular flexibility index (Phi) is 4.13. The molecule has 1 heterocycles. The topological polar surface area (TPSA) is 58.0 Å². The Morgan fingerprint density at radius 1 is 0.917 bits per heavy atom. The Bertz CT molecular complexity index is 827. The first-order chi connectivity index (χ1) is 11.8. The van der Waals surface area contributed by atoms with Crippen LogP contribution >= 0.6 is 0 Å².